The number of carbonyl (C=O) groups is 1. The van der Waals surface area contributed by atoms with Gasteiger partial charge in [0.05, 0.1) is 5.41 Å². The summed E-state index contributed by atoms with van der Waals surface area (Å²) in [5.74, 6) is 0.710. The van der Waals surface area contributed by atoms with Crippen molar-refractivity contribution >= 4 is 11.6 Å². The monoisotopic (exact) mass is 315 g/mol. The number of carbonyl (C=O) groups excluding carboxylic acids is 1. The van der Waals surface area contributed by atoms with Crippen LogP contribution in [0.15, 0.2) is 42.5 Å². The number of ether oxygens (including phenoxy) is 2. The highest BCUT2D eigenvalue weighted by atomic mass is 19.1. The van der Waals surface area contributed by atoms with Gasteiger partial charge in [-0.3, -0.25) is 4.79 Å². The van der Waals surface area contributed by atoms with E-state index in [0.29, 0.717) is 30.4 Å². The number of benzene rings is 2. The van der Waals surface area contributed by atoms with Gasteiger partial charge < -0.3 is 14.8 Å². The number of halogens is 1. The molecule has 0 unspecified atom stereocenters. The Hall–Kier alpha value is -2.56. The van der Waals surface area contributed by atoms with Gasteiger partial charge in [-0.1, -0.05) is 12.1 Å². The van der Waals surface area contributed by atoms with Crippen molar-refractivity contribution in [2.75, 3.05) is 18.5 Å². The molecule has 0 saturated heterocycles. The molecule has 0 radical (unpaired) electrons. The molecule has 1 aliphatic rings. The van der Waals surface area contributed by atoms with Crippen LogP contribution in [0.5, 0.6) is 11.5 Å². The number of fused-ring (bicyclic) bond motifs is 1. The highest BCUT2D eigenvalue weighted by Gasteiger charge is 2.31. The average Bonchev–Trinajstić information content (AvgIpc) is 2.54. The number of nitrogens with one attached hydrogen (secondary N) is 1. The Morgan fingerprint density at radius 1 is 1.09 bits per heavy atom. The summed E-state index contributed by atoms with van der Waals surface area (Å²) in [6.45, 7) is 4.64. The third kappa shape index (κ3) is 3.13. The standard InChI is InChI=1S/C18H18FNO3/c1-18(2,17(21)20-14-5-3-4-13(19)11-14)12-6-7-15-16(10-12)23-9-8-22-15/h3-7,10-11H,8-9H2,1-2H3,(H,20,21). The van der Waals surface area contributed by atoms with Gasteiger partial charge in [0.1, 0.15) is 19.0 Å². The van der Waals surface area contributed by atoms with Crippen molar-refractivity contribution in [3.8, 4) is 11.5 Å². The minimum Gasteiger partial charge on any atom is -0.486 e. The normalized spacial score (nSPS) is 13.5. The van der Waals surface area contributed by atoms with Gasteiger partial charge in [-0.05, 0) is 49.7 Å². The minimum atomic E-state index is -0.803. The summed E-state index contributed by atoms with van der Waals surface area (Å²) in [7, 11) is 0. The Kier molecular flexibility index (Phi) is 3.94. The second-order valence-electron chi connectivity index (χ2n) is 5.95. The van der Waals surface area contributed by atoms with Crippen molar-refractivity contribution in [3.05, 3.63) is 53.8 Å². The van der Waals surface area contributed by atoms with E-state index in [9.17, 15) is 9.18 Å². The van der Waals surface area contributed by atoms with Gasteiger partial charge in [0.25, 0.3) is 0 Å². The Labute approximate surface area is 134 Å². The van der Waals surface area contributed by atoms with Gasteiger partial charge >= 0.3 is 0 Å². The molecule has 1 amide bonds. The first kappa shape index (κ1) is 15.3. The third-order valence-electron chi connectivity index (χ3n) is 3.91. The van der Waals surface area contributed by atoms with E-state index in [-0.39, 0.29) is 11.7 Å². The number of hydrogen-bond acceptors (Lipinski definition) is 3. The molecule has 0 bridgehead atoms. The highest BCUT2D eigenvalue weighted by molar-refractivity contribution is 5.98. The summed E-state index contributed by atoms with van der Waals surface area (Å²) in [5.41, 5.74) is 0.429. The van der Waals surface area contributed by atoms with Crippen LogP contribution in [0.1, 0.15) is 19.4 Å². The Morgan fingerprint density at radius 3 is 2.57 bits per heavy atom. The van der Waals surface area contributed by atoms with Gasteiger partial charge in [0, 0.05) is 5.69 Å². The lowest BCUT2D eigenvalue weighted by Gasteiger charge is -2.26. The predicted octanol–water partition coefficient (Wildman–Crippen LogP) is 3.51. The first-order valence-corrected chi connectivity index (χ1v) is 7.44. The van der Waals surface area contributed by atoms with Crippen molar-refractivity contribution in [2.24, 2.45) is 0 Å². The third-order valence-corrected chi connectivity index (χ3v) is 3.91. The van der Waals surface area contributed by atoms with Crippen LogP contribution in [0, 0.1) is 5.82 Å². The summed E-state index contributed by atoms with van der Waals surface area (Å²) in [4.78, 5) is 12.6. The number of anilines is 1. The fraction of sp³-hybridized carbons (Fsp3) is 0.278. The SMILES string of the molecule is CC(C)(C(=O)Nc1cccc(F)c1)c1ccc2c(c1)OCCO2. The van der Waals surface area contributed by atoms with E-state index >= 15 is 0 Å². The molecule has 5 heteroatoms. The number of hydrogen-bond donors (Lipinski definition) is 1. The van der Waals surface area contributed by atoms with E-state index in [1.165, 1.54) is 12.1 Å². The Bertz CT molecular complexity index is 743. The summed E-state index contributed by atoms with van der Waals surface area (Å²) in [6.07, 6.45) is 0. The highest BCUT2D eigenvalue weighted by Crippen LogP contribution is 2.35. The van der Waals surface area contributed by atoms with Crippen LogP contribution in [0.25, 0.3) is 0 Å². The molecule has 0 aliphatic carbocycles. The van der Waals surface area contributed by atoms with E-state index in [1.54, 1.807) is 18.2 Å². The molecule has 3 rings (SSSR count). The van der Waals surface area contributed by atoms with Gasteiger partial charge in [-0.2, -0.15) is 0 Å². The Balaban J connectivity index is 1.84. The molecule has 2 aromatic rings. The van der Waals surface area contributed by atoms with Gasteiger partial charge in [0.15, 0.2) is 11.5 Å². The van der Waals surface area contributed by atoms with E-state index < -0.39 is 5.41 Å². The van der Waals surface area contributed by atoms with E-state index in [2.05, 4.69) is 5.32 Å². The maximum Gasteiger partial charge on any atom is 0.234 e. The molecule has 23 heavy (non-hydrogen) atoms. The van der Waals surface area contributed by atoms with E-state index in [1.807, 2.05) is 26.0 Å². The average molecular weight is 315 g/mol. The fourth-order valence-corrected chi connectivity index (χ4v) is 2.42. The number of amides is 1. The second kappa shape index (κ2) is 5.91. The number of rotatable bonds is 3. The molecule has 0 atom stereocenters. The molecule has 0 spiro atoms. The summed E-state index contributed by atoms with van der Waals surface area (Å²) in [6, 6.07) is 11.3. The zero-order valence-electron chi connectivity index (χ0n) is 13.1. The lowest BCUT2D eigenvalue weighted by Crippen LogP contribution is -2.35. The molecular weight excluding hydrogens is 297 g/mol. The maximum absolute atomic E-state index is 13.2. The van der Waals surface area contributed by atoms with Crippen LogP contribution in [0.4, 0.5) is 10.1 Å². The molecule has 120 valence electrons. The molecular formula is C18H18FNO3. The quantitative estimate of drug-likeness (QED) is 0.943. The van der Waals surface area contributed by atoms with Gasteiger partial charge in [0.2, 0.25) is 5.91 Å². The van der Waals surface area contributed by atoms with Crippen molar-refractivity contribution in [1.29, 1.82) is 0 Å². The molecule has 0 aromatic heterocycles. The first-order chi connectivity index (χ1) is 11.0. The molecule has 1 aliphatic heterocycles. The van der Waals surface area contributed by atoms with Crippen molar-refractivity contribution < 1.29 is 18.7 Å². The van der Waals surface area contributed by atoms with Crippen LogP contribution in [0.3, 0.4) is 0 Å². The summed E-state index contributed by atoms with van der Waals surface area (Å²) >= 11 is 0. The fourth-order valence-electron chi connectivity index (χ4n) is 2.42. The van der Waals surface area contributed by atoms with Crippen LogP contribution < -0.4 is 14.8 Å². The largest absolute Gasteiger partial charge is 0.486 e. The predicted molar refractivity (Wildman–Crippen MR) is 85.5 cm³/mol. The zero-order chi connectivity index (χ0) is 16.4. The zero-order valence-corrected chi connectivity index (χ0v) is 13.1. The lowest BCUT2D eigenvalue weighted by atomic mass is 9.83. The second-order valence-corrected chi connectivity index (χ2v) is 5.95. The van der Waals surface area contributed by atoms with Crippen molar-refractivity contribution in [2.45, 2.75) is 19.3 Å². The lowest BCUT2D eigenvalue weighted by molar-refractivity contribution is -0.120. The van der Waals surface area contributed by atoms with Crippen LogP contribution in [-0.4, -0.2) is 19.1 Å². The van der Waals surface area contributed by atoms with Crippen LogP contribution in [0.2, 0.25) is 0 Å². The molecule has 0 saturated carbocycles. The summed E-state index contributed by atoms with van der Waals surface area (Å²) in [5, 5.41) is 2.75. The summed E-state index contributed by atoms with van der Waals surface area (Å²) < 4.78 is 24.3. The van der Waals surface area contributed by atoms with Gasteiger partial charge in [-0.25, -0.2) is 4.39 Å². The molecule has 1 heterocycles. The maximum atomic E-state index is 13.2. The van der Waals surface area contributed by atoms with E-state index in [0.717, 1.165) is 5.56 Å². The van der Waals surface area contributed by atoms with Crippen molar-refractivity contribution in [1.82, 2.24) is 0 Å². The molecule has 0 fully saturated rings. The van der Waals surface area contributed by atoms with Gasteiger partial charge in [-0.15, -0.1) is 0 Å². The van der Waals surface area contributed by atoms with E-state index in [4.69, 9.17) is 9.47 Å². The van der Waals surface area contributed by atoms with Crippen molar-refractivity contribution in [3.63, 3.8) is 0 Å². The topological polar surface area (TPSA) is 47.6 Å². The molecule has 2 aromatic carbocycles. The van der Waals surface area contributed by atoms with Crippen LogP contribution in [-0.2, 0) is 10.2 Å². The Morgan fingerprint density at radius 2 is 1.83 bits per heavy atom. The molecule has 1 N–H and O–H groups in total. The first-order valence-electron chi connectivity index (χ1n) is 7.44. The van der Waals surface area contributed by atoms with Crippen LogP contribution >= 0.6 is 0 Å². The smallest absolute Gasteiger partial charge is 0.234 e. The minimum absolute atomic E-state index is 0.222. The molecule has 4 nitrogen and oxygen atoms in total.